The molecule has 2 atom stereocenters. The number of hydrogen-bond acceptors (Lipinski definition) is 12. The number of quaternary nitrogens is 1. The van der Waals surface area contributed by atoms with Crippen molar-refractivity contribution in [1.82, 2.24) is 10.4 Å². The second-order valence-corrected chi connectivity index (χ2v) is 15.8. The lowest BCUT2D eigenvalue weighted by Crippen LogP contribution is -3.17. The van der Waals surface area contributed by atoms with Gasteiger partial charge >= 0.3 is 11.6 Å². The molecule has 1 aromatic heterocycles. The Labute approximate surface area is 289 Å². The van der Waals surface area contributed by atoms with Gasteiger partial charge in [-0.25, -0.2) is 9.59 Å². The first-order valence-corrected chi connectivity index (χ1v) is 19.1. The van der Waals surface area contributed by atoms with Crippen molar-refractivity contribution >= 4 is 60.6 Å². The Morgan fingerprint density at radius 1 is 1.04 bits per heavy atom. The SMILES string of the molecule is CC[NH+](C(C)C)C(C)C.Nc1ccc2c3c(c(=O)oc2c1S(=O)(=O)O)CCC3C(CC(=O)NCCCC(=O)ON1C(=O)CCC1=O)S(=O)(=O)O. The van der Waals surface area contributed by atoms with Crippen LogP contribution in [0.25, 0.3) is 11.0 Å². The number of nitrogen functional groups attached to an aromatic ring is 1. The molecule has 6 N–H and O–H groups in total. The van der Waals surface area contributed by atoms with E-state index in [4.69, 9.17) is 15.0 Å². The minimum atomic E-state index is -4.97. The quantitative estimate of drug-likeness (QED) is 0.0615. The van der Waals surface area contributed by atoms with Crippen molar-refractivity contribution in [3.63, 3.8) is 0 Å². The minimum Gasteiger partial charge on any atom is -0.421 e. The summed E-state index contributed by atoms with van der Waals surface area (Å²) in [7, 11) is -9.88. The standard InChI is InChI=1S/C23H25N3O13S2.C8H19N/c24-14-6-5-12-20-11(3-4-13(20)23(31)38-21(12)22(14)41(35,36)37)15(40(32,33)34)10-16(27)25-9-1-2-19(30)39-26-17(28)7-8-18(26)29;1-6-9(7(2)3)8(4)5/h5-6,11,15H,1-4,7-10,24H2,(H,25,27)(H,32,33,34)(H,35,36,37);7-8H,6H2,1-5H3/p+1. The Morgan fingerprint density at radius 2 is 1.64 bits per heavy atom. The molecule has 2 aromatic rings. The number of carbonyl (C=O) groups excluding carboxylic acids is 4. The summed E-state index contributed by atoms with van der Waals surface area (Å²) in [6.07, 6.45) is -1.18. The molecule has 1 aliphatic carbocycles. The lowest BCUT2D eigenvalue weighted by atomic mass is 9.92. The maximum Gasteiger partial charge on any atom is 0.339 e. The fourth-order valence-electron chi connectivity index (χ4n) is 6.52. The molecule has 17 nitrogen and oxygen atoms in total. The minimum absolute atomic E-state index is 0.00162. The van der Waals surface area contributed by atoms with E-state index in [0.29, 0.717) is 5.06 Å². The van der Waals surface area contributed by atoms with Gasteiger partial charge in [0.2, 0.25) is 5.91 Å². The molecular weight excluding hydrogens is 700 g/mol. The molecule has 2 unspecified atom stereocenters. The first-order chi connectivity index (χ1) is 23.2. The van der Waals surface area contributed by atoms with Gasteiger partial charge in [0, 0.05) is 49.1 Å². The molecule has 1 fully saturated rings. The molecular formula is C31H45N4O13S2+. The Hall–Kier alpha value is -3.91. The topological polar surface area (TPSA) is 262 Å². The maximum absolute atomic E-state index is 12.7. The number of carbonyl (C=O) groups is 4. The molecule has 4 rings (SSSR count). The fourth-order valence-corrected chi connectivity index (χ4v) is 8.32. The third-order valence-electron chi connectivity index (χ3n) is 8.72. The number of hydroxylamine groups is 2. The van der Waals surface area contributed by atoms with Crippen LogP contribution in [-0.2, 0) is 50.7 Å². The zero-order valence-corrected chi connectivity index (χ0v) is 30.2. The molecule has 0 spiro atoms. The van der Waals surface area contributed by atoms with Crippen LogP contribution in [0.1, 0.15) is 90.2 Å². The van der Waals surface area contributed by atoms with Crippen LogP contribution < -0.4 is 21.6 Å². The van der Waals surface area contributed by atoms with E-state index in [2.05, 4.69) is 39.9 Å². The van der Waals surface area contributed by atoms with Gasteiger partial charge in [0.25, 0.3) is 32.1 Å². The number of nitrogens with one attached hydrogen (secondary N) is 2. The lowest BCUT2D eigenvalue weighted by Gasteiger charge is -2.25. The number of anilines is 1. The molecule has 0 saturated carbocycles. The molecule has 1 aromatic carbocycles. The highest BCUT2D eigenvalue weighted by Crippen LogP contribution is 2.43. The molecule has 0 bridgehead atoms. The van der Waals surface area contributed by atoms with Gasteiger partial charge in [0.15, 0.2) is 10.5 Å². The highest BCUT2D eigenvalue weighted by molar-refractivity contribution is 7.86. The van der Waals surface area contributed by atoms with Crippen molar-refractivity contribution in [3.8, 4) is 0 Å². The van der Waals surface area contributed by atoms with Crippen LogP contribution in [0.4, 0.5) is 5.69 Å². The van der Waals surface area contributed by atoms with Crippen LogP contribution in [0.3, 0.4) is 0 Å². The average Bonchev–Trinajstić information content (AvgIpc) is 3.56. The second kappa shape index (κ2) is 16.4. The van der Waals surface area contributed by atoms with Crippen molar-refractivity contribution in [2.45, 2.75) is 108 Å². The smallest absolute Gasteiger partial charge is 0.339 e. The number of rotatable bonds is 13. The van der Waals surface area contributed by atoms with Crippen LogP contribution in [-0.4, -0.2) is 85.1 Å². The van der Waals surface area contributed by atoms with Gasteiger partial charge in [-0.1, -0.05) is 0 Å². The monoisotopic (exact) mass is 745 g/mol. The zero-order valence-electron chi connectivity index (χ0n) is 28.6. The maximum atomic E-state index is 12.7. The summed E-state index contributed by atoms with van der Waals surface area (Å²) in [6, 6.07) is 3.95. The number of amides is 3. The van der Waals surface area contributed by atoms with Crippen molar-refractivity contribution in [2.75, 3.05) is 18.8 Å². The Bertz CT molecular complexity index is 1880. The van der Waals surface area contributed by atoms with Crippen LogP contribution in [0, 0.1) is 0 Å². The van der Waals surface area contributed by atoms with E-state index in [1.807, 2.05) is 0 Å². The predicted octanol–water partition coefficient (Wildman–Crippen LogP) is 0.510. The van der Waals surface area contributed by atoms with Gasteiger partial charge < -0.3 is 25.2 Å². The Kier molecular flexibility index (Phi) is 13.3. The molecule has 19 heteroatoms. The molecule has 0 radical (unpaired) electrons. The number of benzene rings is 1. The van der Waals surface area contributed by atoms with Gasteiger partial charge in [-0.05, 0) is 71.6 Å². The molecule has 1 saturated heterocycles. The summed E-state index contributed by atoms with van der Waals surface area (Å²) in [5.74, 6) is -4.15. The largest absolute Gasteiger partial charge is 0.421 e. The summed E-state index contributed by atoms with van der Waals surface area (Å²) in [4.78, 5) is 65.7. The Balaban J connectivity index is 0.000000661. The molecule has 1 aliphatic heterocycles. The fraction of sp³-hybridized carbons (Fsp3) is 0.581. The van der Waals surface area contributed by atoms with Crippen molar-refractivity contribution in [1.29, 1.82) is 0 Å². The number of hydrogen-bond donors (Lipinski definition) is 5. The van der Waals surface area contributed by atoms with E-state index in [1.165, 1.54) is 12.6 Å². The van der Waals surface area contributed by atoms with E-state index in [0.717, 1.165) is 18.2 Å². The second-order valence-electron chi connectivity index (χ2n) is 12.8. The average molecular weight is 746 g/mol. The lowest BCUT2D eigenvalue weighted by molar-refractivity contribution is -0.940. The summed E-state index contributed by atoms with van der Waals surface area (Å²) < 4.78 is 73.5. The molecule has 50 heavy (non-hydrogen) atoms. The van der Waals surface area contributed by atoms with Crippen molar-refractivity contribution in [3.05, 3.63) is 33.7 Å². The molecule has 278 valence electrons. The number of fused-ring (bicyclic) bond motifs is 3. The van der Waals surface area contributed by atoms with Gasteiger partial charge in [-0.15, -0.1) is 5.06 Å². The van der Waals surface area contributed by atoms with Gasteiger partial charge in [-0.2, -0.15) is 16.8 Å². The molecule has 2 heterocycles. The predicted molar refractivity (Wildman–Crippen MR) is 179 cm³/mol. The third-order valence-corrected chi connectivity index (χ3v) is 10.9. The number of imide groups is 1. The van der Waals surface area contributed by atoms with E-state index in [1.54, 1.807) is 4.90 Å². The van der Waals surface area contributed by atoms with Crippen LogP contribution in [0.5, 0.6) is 0 Å². The highest BCUT2D eigenvalue weighted by atomic mass is 32.2. The molecule has 3 amide bonds. The summed E-state index contributed by atoms with van der Waals surface area (Å²) in [5.41, 5.74) is 3.74. The summed E-state index contributed by atoms with van der Waals surface area (Å²) in [5, 5.41) is 1.00. The highest BCUT2D eigenvalue weighted by Gasteiger charge is 2.42. The normalized spacial score (nSPS) is 16.9. The summed E-state index contributed by atoms with van der Waals surface area (Å²) in [6.45, 7) is 12.5. The van der Waals surface area contributed by atoms with Gasteiger partial charge in [-0.3, -0.25) is 23.5 Å². The van der Waals surface area contributed by atoms with E-state index in [-0.39, 0.29) is 61.6 Å². The van der Waals surface area contributed by atoms with E-state index >= 15 is 0 Å². The van der Waals surface area contributed by atoms with Gasteiger partial charge in [0.05, 0.1) is 24.3 Å². The van der Waals surface area contributed by atoms with Gasteiger partial charge in [0.1, 0.15) is 5.25 Å². The third kappa shape index (κ3) is 9.65. The first-order valence-electron chi connectivity index (χ1n) is 16.2. The summed E-state index contributed by atoms with van der Waals surface area (Å²) >= 11 is 0. The van der Waals surface area contributed by atoms with E-state index < -0.39 is 83.3 Å². The first kappa shape index (κ1) is 40.5. The Morgan fingerprint density at radius 3 is 2.14 bits per heavy atom. The zero-order chi connectivity index (χ0) is 37.7. The van der Waals surface area contributed by atoms with Crippen molar-refractivity contribution in [2.24, 2.45) is 0 Å². The molecule has 2 aliphatic rings. The number of nitrogens with two attached hydrogens (primary N) is 1. The van der Waals surface area contributed by atoms with Crippen molar-refractivity contribution < 1.29 is 59.3 Å². The van der Waals surface area contributed by atoms with Crippen LogP contribution in [0.2, 0.25) is 0 Å². The number of nitrogens with zero attached hydrogens (tertiary/aromatic N) is 1. The van der Waals surface area contributed by atoms with E-state index in [9.17, 15) is 49.9 Å². The van der Waals surface area contributed by atoms with Crippen LogP contribution in [0.15, 0.2) is 26.2 Å². The van der Waals surface area contributed by atoms with Crippen LogP contribution >= 0.6 is 0 Å².